The number of benzene rings is 9. The van der Waals surface area contributed by atoms with Crippen LogP contribution in [0.15, 0.2) is 167 Å². The molecule has 0 bridgehead atoms. The van der Waals surface area contributed by atoms with Crippen molar-refractivity contribution >= 4 is 99.5 Å². The molecule has 290 valence electrons. The molecular weight excluding hydrogens is 733 g/mol. The van der Waals surface area contributed by atoms with Gasteiger partial charge in [0, 0.05) is 55.7 Å². The average Bonchev–Trinajstić information content (AvgIpc) is 3.77. The number of fused-ring (bicyclic) bond motifs is 8. The topological polar surface area (TPSA) is 32.8 Å². The van der Waals surface area contributed by atoms with Crippen LogP contribution in [0.25, 0.3) is 65.4 Å². The van der Waals surface area contributed by atoms with Gasteiger partial charge in [-0.05, 0) is 181 Å². The Labute approximate surface area is 349 Å². The zero-order valence-corrected chi connectivity index (χ0v) is 34.7. The molecule has 60 heavy (non-hydrogen) atoms. The lowest BCUT2D eigenvalue weighted by Gasteiger charge is -2.29. The molecule has 9 aromatic carbocycles. The van der Waals surface area contributed by atoms with E-state index in [1.165, 1.54) is 56.1 Å². The Morgan fingerprint density at radius 1 is 0.300 bits per heavy atom. The van der Waals surface area contributed by atoms with Gasteiger partial charge in [0.25, 0.3) is 0 Å². The highest BCUT2D eigenvalue weighted by Gasteiger charge is 2.21. The molecule has 0 amide bonds. The van der Waals surface area contributed by atoms with Crippen LogP contribution in [-0.4, -0.2) is 0 Å². The van der Waals surface area contributed by atoms with Gasteiger partial charge in [-0.3, -0.25) is 0 Å². The van der Waals surface area contributed by atoms with E-state index in [1.807, 2.05) is 0 Å². The molecular formula is C56H44N2O2. The smallest absolute Gasteiger partial charge is 0.136 e. The first kappa shape index (κ1) is 35.8. The van der Waals surface area contributed by atoms with Crippen molar-refractivity contribution in [2.75, 3.05) is 9.80 Å². The molecule has 4 heteroatoms. The Bertz CT molecular complexity index is 3300. The zero-order valence-electron chi connectivity index (χ0n) is 34.7. The summed E-state index contributed by atoms with van der Waals surface area (Å²) in [5.41, 5.74) is 17.7. The maximum absolute atomic E-state index is 6.69. The third kappa shape index (κ3) is 5.82. The van der Waals surface area contributed by atoms with Crippen LogP contribution in [0.2, 0.25) is 0 Å². The summed E-state index contributed by atoms with van der Waals surface area (Å²) in [6, 6.07) is 57.3. The summed E-state index contributed by atoms with van der Waals surface area (Å²) >= 11 is 0. The van der Waals surface area contributed by atoms with Crippen LogP contribution < -0.4 is 9.80 Å². The summed E-state index contributed by atoms with van der Waals surface area (Å²) in [5.74, 6) is 0. The normalized spacial score (nSPS) is 11.8. The molecule has 2 aromatic heterocycles. The second-order valence-electron chi connectivity index (χ2n) is 16.6. The maximum Gasteiger partial charge on any atom is 0.136 e. The van der Waals surface area contributed by atoms with E-state index in [-0.39, 0.29) is 0 Å². The van der Waals surface area contributed by atoms with E-state index in [4.69, 9.17) is 8.83 Å². The van der Waals surface area contributed by atoms with Crippen molar-refractivity contribution in [2.24, 2.45) is 0 Å². The number of para-hydroxylation sites is 2. The minimum absolute atomic E-state index is 0.852. The molecule has 0 unspecified atom stereocenters. The Morgan fingerprint density at radius 2 is 0.683 bits per heavy atom. The second-order valence-corrected chi connectivity index (χ2v) is 16.6. The standard InChI is InChI=1S/C56H44N2O2/c1-33-15-17-37(5)51(23-33)57(49-13-9-7-11-35(49)3)43-21-19-39-27-45-47-31-56-48(32-55(47)59-53(45)29-41(39)25-43)46-28-40-20-22-44(26-42(40)30-54(46)60-56)58(50-14-10-8-12-36(50)4)52-24-34(2)16-18-38(52)6/h7-32H,1-6H3. The van der Waals surface area contributed by atoms with E-state index in [1.54, 1.807) is 0 Å². The van der Waals surface area contributed by atoms with Crippen LogP contribution in [0.5, 0.6) is 0 Å². The van der Waals surface area contributed by atoms with Crippen LogP contribution in [0.4, 0.5) is 34.1 Å². The maximum atomic E-state index is 6.69. The first-order chi connectivity index (χ1) is 29.2. The number of aryl methyl sites for hydroxylation is 6. The van der Waals surface area contributed by atoms with Crippen molar-refractivity contribution in [3.05, 3.63) is 191 Å². The SMILES string of the molecule is Cc1ccc(C)c(N(c2ccc3cc4c(cc3c2)oc2cc3c(cc24)oc2cc4cc(N(c5ccccc5C)c5cc(C)ccc5C)ccc4cc23)c2ccccc2C)c1. The van der Waals surface area contributed by atoms with E-state index in [9.17, 15) is 0 Å². The third-order valence-electron chi connectivity index (χ3n) is 12.4. The van der Waals surface area contributed by atoms with Crippen molar-refractivity contribution in [1.29, 1.82) is 0 Å². The van der Waals surface area contributed by atoms with Crippen molar-refractivity contribution in [1.82, 2.24) is 0 Å². The Morgan fingerprint density at radius 3 is 1.12 bits per heavy atom. The molecule has 0 saturated heterocycles. The van der Waals surface area contributed by atoms with E-state index in [2.05, 4.69) is 209 Å². The molecule has 0 N–H and O–H groups in total. The summed E-state index contributed by atoms with van der Waals surface area (Å²) in [7, 11) is 0. The number of hydrogen-bond acceptors (Lipinski definition) is 4. The lowest BCUT2D eigenvalue weighted by Crippen LogP contribution is -2.12. The van der Waals surface area contributed by atoms with Gasteiger partial charge in [0.05, 0.1) is 0 Å². The molecule has 0 aliphatic carbocycles. The highest BCUT2D eigenvalue weighted by atomic mass is 16.3. The van der Waals surface area contributed by atoms with Crippen LogP contribution in [0.3, 0.4) is 0 Å². The van der Waals surface area contributed by atoms with E-state index >= 15 is 0 Å². The molecule has 0 spiro atoms. The van der Waals surface area contributed by atoms with Crippen molar-refractivity contribution in [3.63, 3.8) is 0 Å². The fourth-order valence-electron chi connectivity index (χ4n) is 9.15. The van der Waals surface area contributed by atoms with Gasteiger partial charge in [0.15, 0.2) is 0 Å². The molecule has 0 saturated carbocycles. The quantitative estimate of drug-likeness (QED) is 0.168. The molecule has 0 fully saturated rings. The zero-order chi connectivity index (χ0) is 40.8. The summed E-state index contributed by atoms with van der Waals surface area (Å²) in [6.45, 7) is 13.0. The van der Waals surface area contributed by atoms with E-state index in [0.29, 0.717) is 0 Å². The summed E-state index contributed by atoms with van der Waals surface area (Å²) < 4.78 is 13.4. The summed E-state index contributed by atoms with van der Waals surface area (Å²) in [5, 5.41) is 8.83. The molecule has 11 aromatic rings. The number of hydrogen-bond donors (Lipinski definition) is 0. The lowest BCUT2D eigenvalue weighted by atomic mass is 10.0. The van der Waals surface area contributed by atoms with Gasteiger partial charge >= 0.3 is 0 Å². The Balaban J connectivity index is 1.02. The van der Waals surface area contributed by atoms with E-state index < -0.39 is 0 Å². The van der Waals surface area contributed by atoms with Crippen molar-refractivity contribution in [2.45, 2.75) is 41.5 Å². The minimum Gasteiger partial charge on any atom is -0.456 e. The molecule has 11 rings (SSSR count). The van der Waals surface area contributed by atoms with Gasteiger partial charge in [-0.25, -0.2) is 0 Å². The van der Waals surface area contributed by atoms with Crippen molar-refractivity contribution < 1.29 is 8.83 Å². The first-order valence-electron chi connectivity index (χ1n) is 20.7. The molecule has 2 heterocycles. The molecule has 0 atom stereocenters. The highest BCUT2D eigenvalue weighted by molar-refractivity contribution is 6.18. The Kier molecular flexibility index (Phi) is 8.15. The van der Waals surface area contributed by atoms with Crippen molar-refractivity contribution in [3.8, 4) is 0 Å². The van der Waals surface area contributed by atoms with E-state index in [0.717, 1.165) is 76.8 Å². The summed E-state index contributed by atoms with van der Waals surface area (Å²) in [6.07, 6.45) is 0. The second kappa shape index (κ2) is 13.6. The average molecular weight is 777 g/mol. The van der Waals surface area contributed by atoms with Crippen LogP contribution >= 0.6 is 0 Å². The fraction of sp³-hybridized carbons (Fsp3) is 0.107. The predicted octanol–water partition coefficient (Wildman–Crippen LogP) is 16.6. The largest absolute Gasteiger partial charge is 0.456 e. The number of anilines is 6. The van der Waals surface area contributed by atoms with Crippen LogP contribution in [0, 0.1) is 41.5 Å². The highest BCUT2D eigenvalue weighted by Crippen LogP contribution is 2.44. The van der Waals surface area contributed by atoms with Gasteiger partial charge in [0.1, 0.15) is 22.3 Å². The number of rotatable bonds is 6. The van der Waals surface area contributed by atoms with Gasteiger partial charge in [0.2, 0.25) is 0 Å². The van der Waals surface area contributed by atoms with Gasteiger partial charge in [-0.1, -0.05) is 72.8 Å². The lowest BCUT2D eigenvalue weighted by molar-refractivity contribution is 0.664. The van der Waals surface area contributed by atoms with Crippen LogP contribution in [0.1, 0.15) is 33.4 Å². The molecule has 4 nitrogen and oxygen atoms in total. The van der Waals surface area contributed by atoms with Gasteiger partial charge in [-0.2, -0.15) is 0 Å². The molecule has 0 radical (unpaired) electrons. The monoisotopic (exact) mass is 776 g/mol. The van der Waals surface area contributed by atoms with Gasteiger partial charge in [-0.15, -0.1) is 0 Å². The first-order valence-corrected chi connectivity index (χ1v) is 20.7. The molecule has 0 aliphatic rings. The predicted molar refractivity (Wildman–Crippen MR) is 254 cm³/mol. The van der Waals surface area contributed by atoms with Gasteiger partial charge < -0.3 is 18.6 Å². The fourth-order valence-corrected chi connectivity index (χ4v) is 9.15. The number of furan rings is 2. The summed E-state index contributed by atoms with van der Waals surface area (Å²) in [4.78, 5) is 4.77. The third-order valence-corrected chi connectivity index (χ3v) is 12.4. The Hall–Kier alpha value is -7.30. The van der Waals surface area contributed by atoms with Crippen LogP contribution in [-0.2, 0) is 0 Å². The molecule has 0 aliphatic heterocycles. The minimum atomic E-state index is 0.852. The number of nitrogens with zero attached hydrogens (tertiary/aromatic N) is 2.